The lowest BCUT2D eigenvalue weighted by Gasteiger charge is -2.09. The van der Waals surface area contributed by atoms with Gasteiger partial charge in [0.25, 0.3) is 5.91 Å². The van der Waals surface area contributed by atoms with Gasteiger partial charge in [-0.3, -0.25) is 4.79 Å². The average molecular weight is 257 g/mol. The van der Waals surface area contributed by atoms with Gasteiger partial charge in [-0.1, -0.05) is 12.1 Å². The normalized spacial score (nSPS) is 9.79. The Morgan fingerprint density at radius 3 is 2.63 bits per heavy atom. The molecule has 98 valence electrons. The molecule has 0 aliphatic rings. The van der Waals surface area contributed by atoms with Crippen LogP contribution < -0.4 is 15.4 Å². The number of amides is 1. The topological polar surface area (TPSA) is 63.2 Å². The van der Waals surface area contributed by atoms with Crippen molar-refractivity contribution in [3.8, 4) is 5.75 Å². The number of nitrogens with zero attached hydrogens (tertiary/aromatic N) is 1. The molecule has 0 unspecified atom stereocenters. The van der Waals surface area contributed by atoms with Crippen LogP contribution in [0.1, 0.15) is 10.4 Å². The molecule has 2 aromatic rings. The van der Waals surface area contributed by atoms with Crippen LogP contribution in [0.3, 0.4) is 0 Å². The van der Waals surface area contributed by atoms with E-state index in [0.29, 0.717) is 22.8 Å². The van der Waals surface area contributed by atoms with Crippen LogP contribution in [0.4, 0.5) is 11.5 Å². The molecule has 1 heterocycles. The monoisotopic (exact) mass is 257 g/mol. The summed E-state index contributed by atoms with van der Waals surface area (Å²) < 4.78 is 5.18. The Morgan fingerprint density at radius 2 is 2.00 bits per heavy atom. The maximum absolute atomic E-state index is 12.1. The van der Waals surface area contributed by atoms with Crippen molar-refractivity contribution >= 4 is 17.4 Å². The fraction of sp³-hybridized carbons (Fsp3) is 0.143. The fourth-order valence-electron chi connectivity index (χ4n) is 1.62. The molecular weight excluding hydrogens is 242 g/mol. The van der Waals surface area contributed by atoms with E-state index in [2.05, 4.69) is 15.6 Å². The first-order valence-corrected chi connectivity index (χ1v) is 5.83. The highest BCUT2D eigenvalue weighted by atomic mass is 16.5. The van der Waals surface area contributed by atoms with E-state index >= 15 is 0 Å². The first-order valence-electron chi connectivity index (χ1n) is 5.83. The van der Waals surface area contributed by atoms with Crippen LogP contribution in [0.5, 0.6) is 5.75 Å². The third-order valence-electron chi connectivity index (χ3n) is 2.64. The molecule has 19 heavy (non-hydrogen) atoms. The van der Waals surface area contributed by atoms with Crippen molar-refractivity contribution < 1.29 is 9.53 Å². The van der Waals surface area contributed by atoms with Gasteiger partial charge in [0.05, 0.1) is 18.4 Å². The highest BCUT2D eigenvalue weighted by Gasteiger charge is 2.09. The molecule has 1 aromatic carbocycles. The molecule has 1 aromatic heterocycles. The van der Waals surface area contributed by atoms with Crippen molar-refractivity contribution in [2.75, 3.05) is 24.8 Å². The van der Waals surface area contributed by atoms with Crippen LogP contribution >= 0.6 is 0 Å². The summed E-state index contributed by atoms with van der Waals surface area (Å²) in [5.41, 5.74) is 1.12. The largest absolute Gasteiger partial charge is 0.495 e. The number of carbonyl (C=O) groups is 1. The van der Waals surface area contributed by atoms with Gasteiger partial charge >= 0.3 is 0 Å². The third-order valence-corrected chi connectivity index (χ3v) is 2.64. The van der Waals surface area contributed by atoms with E-state index in [0.717, 1.165) is 0 Å². The molecule has 2 N–H and O–H groups in total. The number of ether oxygens (including phenoxy) is 1. The summed E-state index contributed by atoms with van der Waals surface area (Å²) in [6, 6.07) is 10.7. The van der Waals surface area contributed by atoms with Gasteiger partial charge < -0.3 is 15.4 Å². The second kappa shape index (κ2) is 5.86. The average Bonchev–Trinajstić information content (AvgIpc) is 2.48. The molecule has 0 aliphatic carbocycles. The number of para-hydroxylation sites is 2. The SMILES string of the molecule is CNc1ccc(C(=O)Nc2ccccc2OC)cn1. The Hall–Kier alpha value is -2.56. The zero-order valence-electron chi connectivity index (χ0n) is 10.8. The standard InChI is InChI=1S/C14H15N3O2/c1-15-13-8-7-10(9-16-13)14(18)17-11-5-3-4-6-12(11)19-2/h3-9H,1-2H3,(H,15,16)(H,17,18). The van der Waals surface area contributed by atoms with Crippen LogP contribution in [0.15, 0.2) is 42.6 Å². The molecule has 0 fully saturated rings. The van der Waals surface area contributed by atoms with Gasteiger partial charge in [0.1, 0.15) is 11.6 Å². The van der Waals surface area contributed by atoms with Crippen LogP contribution in [0.2, 0.25) is 0 Å². The van der Waals surface area contributed by atoms with Crippen molar-refractivity contribution in [1.82, 2.24) is 4.98 Å². The Bertz CT molecular complexity index is 567. The van der Waals surface area contributed by atoms with E-state index in [-0.39, 0.29) is 5.91 Å². The molecule has 0 bridgehead atoms. The second-order valence-corrected chi connectivity index (χ2v) is 3.84. The number of methoxy groups -OCH3 is 1. The minimum absolute atomic E-state index is 0.223. The van der Waals surface area contributed by atoms with Crippen LogP contribution in [-0.2, 0) is 0 Å². The molecule has 0 saturated carbocycles. The number of hydrogen-bond acceptors (Lipinski definition) is 4. The van der Waals surface area contributed by atoms with Gasteiger partial charge in [-0.05, 0) is 24.3 Å². The Morgan fingerprint density at radius 1 is 1.21 bits per heavy atom. The molecule has 0 radical (unpaired) electrons. The van der Waals surface area contributed by atoms with Gasteiger partial charge in [-0.2, -0.15) is 0 Å². The van der Waals surface area contributed by atoms with Crippen molar-refractivity contribution in [2.45, 2.75) is 0 Å². The van der Waals surface area contributed by atoms with E-state index in [1.807, 2.05) is 12.1 Å². The number of carbonyl (C=O) groups excluding carboxylic acids is 1. The van der Waals surface area contributed by atoms with Gasteiger partial charge in [0, 0.05) is 13.2 Å². The summed E-state index contributed by atoms with van der Waals surface area (Å²) in [6.07, 6.45) is 1.52. The molecular formula is C14H15N3O2. The van der Waals surface area contributed by atoms with E-state index < -0.39 is 0 Å². The van der Waals surface area contributed by atoms with Gasteiger partial charge in [0.15, 0.2) is 0 Å². The number of hydrogen-bond donors (Lipinski definition) is 2. The lowest BCUT2D eigenvalue weighted by molar-refractivity contribution is 0.102. The van der Waals surface area contributed by atoms with Crippen LogP contribution in [0.25, 0.3) is 0 Å². The zero-order valence-corrected chi connectivity index (χ0v) is 10.8. The molecule has 0 atom stereocenters. The Balaban J connectivity index is 2.16. The van der Waals surface area contributed by atoms with Crippen molar-refractivity contribution in [3.63, 3.8) is 0 Å². The quantitative estimate of drug-likeness (QED) is 0.882. The smallest absolute Gasteiger partial charge is 0.257 e. The van der Waals surface area contributed by atoms with Crippen LogP contribution in [0, 0.1) is 0 Å². The number of benzene rings is 1. The number of pyridine rings is 1. The fourth-order valence-corrected chi connectivity index (χ4v) is 1.62. The lowest BCUT2D eigenvalue weighted by atomic mass is 10.2. The molecule has 5 nitrogen and oxygen atoms in total. The summed E-state index contributed by atoms with van der Waals surface area (Å²) in [6.45, 7) is 0. The zero-order chi connectivity index (χ0) is 13.7. The van der Waals surface area contributed by atoms with Gasteiger partial charge in [-0.25, -0.2) is 4.98 Å². The molecule has 0 spiro atoms. The van der Waals surface area contributed by atoms with E-state index in [4.69, 9.17) is 4.74 Å². The maximum Gasteiger partial charge on any atom is 0.257 e. The van der Waals surface area contributed by atoms with E-state index in [9.17, 15) is 4.79 Å². The predicted molar refractivity (Wildman–Crippen MR) is 74.7 cm³/mol. The van der Waals surface area contributed by atoms with Gasteiger partial charge in [0.2, 0.25) is 0 Å². The van der Waals surface area contributed by atoms with E-state index in [1.165, 1.54) is 6.20 Å². The summed E-state index contributed by atoms with van der Waals surface area (Å²) in [4.78, 5) is 16.2. The molecule has 0 saturated heterocycles. The van der Waals surface area contributed by atoms with Gasteiger partial charge in [-0.15, -0.1) is 0 Å². The summed E-state index contributed by atoms with van der Waals surface area (Å²) in [5.74, 6) is 1.11. The molecule has 1 amide bonds. The number of anilines is 2. The molecule has 0 aliphatic heterocycles. The lowest BCUT2D eigenvalue weighted by Crippen LogP contribution is -2.13. The Kier molecular flexibility index (Phi) is 3.97. The highest BCUT2D eigenvalue weighted by molar-refractivity contribution is 6.04. The minimum Gasteiger partial charge on any atom is -0.495 e. The van der Waals surface area contributed by atoms with Crippen LogP contribution in [-0.4, -0.2) is 25.0 Å². The van der Waals surface area contributed by atoms with Crippen molar-refractivity contribution in [2.24, 2.45) is 0 Å². The number of aromatic nitrogens is 1. The second-order valence-electron chi connectivity index (χ2n) is 3.84. The molecule has 2 rings (SSSR count). The van der Waals surface area contributed by atoms with E-state index in [1.54, 1.807) is 38.4 Å². The predicted octanol–water partition coefficient (Wildman–Crippen LogP) is 2.38. The summed E-state index contributed by atoms with van der Waals surface area (Å²) in [5, 5.41) is 5.69. The maximum atomic E-state index is 12.1. The highest BCUT2D eigenvalue weighted by Crippen LogP contribution is 2.23. The first-order chi connectivity index (χ1) is 9.24. The first kappa shape index (κ1) is 12.9. The summed E-state index contributed by atoms with van der Waals surface area (Å²) in [7, 11) is 3.34. The van der Waals surface area contributed by atoms with Crippen molar-refractivity contribution in [3.05, 3.63) is 48.2 Å². The van der Waals surface area contributed by atoms with Crippen molar-refractivity contribution in [1.29, 1.82) is 0 Å². The number of nitrogens with one attached hydrogen (secondary N) is 2. The third kappa shape index (κ3) is 3.01. The molecule has 5 heteroatoms. The minimum atomic E-state index is -0.223. The summed E-state index contributed by atoms with van der Waals surface area (Å²) >= 11 is 0. The number of rotatable bonds is 4. The Labute approximate surface area is 111 Å².